The highest BCUT2D eigenvalue weighted by molar-refractivity contribution is 7.99. The first-order chi connectivity index (χ1) is 12.6. The zero-order valence-corrected chi connectivity index (χ0v) is 16.2. The third-order valence-electron chi connectivity index (χ3n) is 4.54. The minimum absolute atomic E-state index is 0.151. The van der Waals surface area contributed by atoms with Crippen LogP contribution >= 0.6 is 11.8 Å². The summed E-state index contributed by atoms with van der Waals surface area (Å²) in [5, 5.41) is 0.647. The van der Waals surface area contributed by atoms with Crippen LogP contribution in [-0.4, -0.2) is 74.7 Å². The largest absolute Gasteiger partial charge is 0.341 e. The third kappa shape index (κ3) is 5.04. The molecule has 1 saturated heterocycles. The molecule has 0 N–H and O–H groups in total. The van der Waals surface area contributed by atoms with Crippen molar-refractivity contribution in [1.82, 2.24) is 29.3 Å². The highest BCUT2D eigenvalue weighted by Crippen LogP contribution is 2.26. The summed E-state index contributed by atoms with van der Waals surface area (Å²) in [4.78, 5) is 29.6. The monoisotopic (exact) mass is 374 g/mol. The maximum absolute atomic E-state index is 12.6. The molecule has 1 fully saturated rings. The number of likely N-dealkylation sites (tertiary alicyclic amines) is 1. The summed E-state index contributed by atoms with van der Waals surface area (Å²) in [6, 6.07) is 1.78. The van der Waals surface area contributed by atoms with Crippen molar-refractivity contribution < 1.29 is 4.79 Å². The van der Waals surface area contributed by atoms with Crippen LogP contribution in [0.15, 0.2) is 36.0 Å². The Kier molecular flexibility index (Phi) is 6.62. The number of piperidine rings is 1. The Morgan fingerprint density at radius 1 is 1.27 bits per heavy atom. The standard InChI is InChI=1S/C18H26N6OS/c1-22(2)11-12-23-10-8-19-17(23)15-5-3-9-24(13-15)16(25)14-26-18-20-6-4-7-21-18/h4,6-8,10,15H,3,5,9,11-14H2,1-2H3/t15-/m1/s1. The first kappa shape index (κ1) is 18.8. The van der Waals surface area contributed by atoms with Gasteiger partial charge in [0.25, 0.3) is 0 Å². The van der Waals surface area contributed by atoms with Gasteiger partial charge in [-0.05, 0) is 33.0 Å². The van der Waals surface area contributed by atoms with Gasteiger partial charge in [0.1, 0.15) is 5.82 Å². The van der Waals surface area contributed by atoms with E-state index in [0.29, 0.717) is 16.8 Å². The van der Waals surface area contributed by atoms with E-state index in [0.717, 1.165) is 44.8 Å². The maximum Gasteiger partial charge on any atom is 0.233 e. The number of rotatable bonds is 7. The van der Waals surface area contributed by atoms with Gasteiger partial charge in [0.2, 0.25) is 5.91 Å². The maximum atomic E-state index is 12.6. The van der Waals surface area contributed by atoms with Gasteiger partial charge in [0, 0.05) is 56.9 Å². The van der Waals surface area contributed by atoms with Crippen LogP contribution in [-0.2, 0) is 11.3 Å². The second-order valence-corrected chi connectivity index (χ2v) is 7.72. The van der Waals surface area contributed by atoms with Crippen LogP contribution in [0.2, 0.25) is 0 Å². The van der Waals surface area contributed by atoms with Crippen LogP contribution in [0.25, 0.3) is 0 Å². The van der Waals surface area contributed by atoms with Gasteiger partial charge in [-0.15, -0.1) is 0 Å². The molecule has 3 heterocycles. The molecule has 2 aromatic rings. The van der Waals surface area contributed by atoms with Gasteiger partial charge in [-0.25, -0.2) is 15.0 Å². The zero-order chi connectivity index (χ0) is 18.4. The molecule has 8 heteroatoms. The van der Waals surface area contributed by atoms with Gasteiger partial charge in [0.05, 0.1) is 5.75 Å². The van der Waals surface area contributed by atoms with Gasteiger partial charge >= 0.3 is 0 Å². The van der Waals surface area contributed by atoms with Gasteiger partial charge in [0.15, 0.2) is 5.16 Å². The molecule has 1 amide bonds. The molecule has 7 nitrogen and oxygen atoms in total. The van der Waals surface area contributed by atoms with Crippen LogP contribution in [0.3, 0.4) is 0 Å². The molecule has 0 aromatic carbocycles. The average Bonchev–Trinajstić information content (AvgIpc) is 3.14. The van der Waals surface area contributed by atoms with Gasteiger partial charge < -0.3 is 14.4 Å². The van der Waals surface area contributed by atoms with E-state index in [1.807, 2.05) is 17.3 Å². The minimum atomic E-state index is 0.151. The fourth-order valence-electron chi connectivity index (χ4n) is 3.17. The molecule has 2 aromatic heterocycles. The predicted molar refractivity (Wildman–Crippen MR) is 102 cm³/mol. The number of aromatic nitrogens is 4. The summed E-state index contributed by atoms with van der Waals surface area (Å²) in [6.45, 7) is 3.47. The van der Waals surface area contributed by atoms with E-state index >= 15 is 0 Å². The average molecular weight is 375 g/mol. The van der Waals surface area contributed by atoms with Crippen molar-refractivity contribution in [1.29, 1.82) is 0 Å². The molecule has 0 spiro atoms. The van der Waals surface area contributed by atoms with E-state index in [9.17, 15) is 4.79 Å². The van der Waals surface area contributed by atoms with E-state index in [1.165, 1.54) is 11.8 Å². The Balaban J connectivity index is 1.57. The first-order valence-electron chi connectivity index (χ1n) is 8.97. The van der Waals surface area contributed by atoms with Crippen molar-refractivity contribution >= 4 is 17.7 Å². The molecule has 1 aliphatic rings. The summed E-state index contributed by atoms with van der Waals surface area (Å²) < 4.78 is 2.23. The van der Waals surface area contributed by atoms with Crippen LogP contribution in [0.1, 0.15) is 24.6 Å². The summed E-state index contributed by atoms with van der Waals surface area (Å²) in [6.07, 6.45) is 9.41. The second-order valence-electron chi connectivity index (χ2n) is 6.78. The van der Waals surface area contributed by atoms with E-state index in [-0.39, 0.29) is 5.91 Å². The Morgan fingerprint density at radius 3 is 2.85 bits per heavy atom. The van der Waals surface area contributed by atoms with Crippen molar-refractivity contribution in [2.75, 3.05) is 39.5 Å². The Morgan fingerprint density at radius 2 is 2.08 bits per heavy atom. The number of likely N-dealkylation sites (N-methyl/N-ethyl adjacent to an activating group) is 1. The number of hydrogen-bond acceptors (Lipinski definition) is 6. The normalized spacial score (nSPS) is 17.7. The molecule has 1 aliphatic heterocycles. The van der Waals surface area contributed by atoms with Gasteiger partial charge in [-0.2, -0.15) is 0 Å². The number of amides is 1. The smallest absolute Gasteiger partial charge is 0.233 e. The third-order valence-corrected chi connectivity index (χ3v) is 5.40. The molecule has 3 rings (SSSR count). The summed E-state index contributed by atoms with van der Waals surface area (Å²) >= 11 is 1.40. The second kappa shape index (κ2) is 9.14. The molecule has 0 radical (unpaired) electrons. The van der Waals surface area contributed by atoms with E-state index in [4.69, 9.17) is 0 Å². The summed E-state index contributed by atoms with van der Waals surface area (Å²) in [5.74, 6) is 1.94. The molecule has 140 valence electrons. The number of thioether (sulfide) groups is 1. The Hall–Kier alpha value is -1.93. The zero-order valence-electron chi connectivity index (χ0n) is 15.4. The van der Waals surface area contributed by atoms with Crippen molar-refractivity contribution in [3.63, 3.8) is 0 Å². The molecule has 0 bridgehead atoms. The fraction of sp³-hybridized carbons (Fsp3) is 0.556. The van der Waals surface area contributed by atoms with E-state index in [1.54, 1.807) is 18.5 Å². The summed E-state index contributed by atoms with van der Waals surface area (Å²) in [7, 11) is 4.15. The van der Waals surface area contributed by atoms with Crippen molar-refractivity contribution in [3.8, 4) is 0 Å². The molecule has 1 atom stereocenters. The fourth-order valence-corrected chi connectivity index (χ4v) is 3.88. The van der Waals surface area contributed by atoms with Gasteiger partial charge in [-0.1, -0.05) is 11.8 Å². The highest BCUT2D eigenvalue weighted by atomic mass is 32.2. The van der Waals surface area contributed by atoms with Gasteiger partial charge in [-0.3, -0.25) is 4.79 Å². The number of carbonyl (C=O) groups is 1. The van der Waals surface area contributed by atoms with Crippen molar-refractivity contribution in [2.24, 2.45) is 0 Å². The number of imidazole rings is 1. The SMILES string of the molecule is CN(C)CCn1ccnc1[C@@H]1CCCN(C(=O)CSc2ncccn2)C1. The number of hydrogen-bond donors (Lipinski definition) is 0. The topological polar surface area (TPSA) is 67.2 Å². The lowest BCUT2D eigenvalue weighted by Crippen LogP contribution is -2.40. The first-order valence-corrected chi connectivity index (χ1v) is 9.95. The molecule has 26 heavy (non-hydrogen) atoms. The molecular formula is C18H26N6OS. The lowest BCUT2D eigenvalue weighted by Gasteiger charge is -2.32. The number of carbonyl (C=O) groups excluding carboxylic acids is 1. The molecule has 0 unspecified atom stereocenters. The molecule has 0 saturated carbocycles. The Bertz CT molecular complexity index is 705. The highest BCUT2D eigenvalue weighted by Gasteiger charge is 2.27. The van der Waals surface area contributed by atoms with Crippen molar-refractivity contribution in [2.45, 2.75) is 30.5 Å². The Labute approximate surface area is 158 Å². The molecule has 0 aliphatic carbocycles. The quantitative estimate of drug-likeness (QED) is 0.543. The predicted octanol–water partition coefficient (Wildman–Crippen LogP) is 1.73. The van der Waals surface area contributed by atoms with Crippen LogP contribution < -0.4 is 0 Å². The lowest BCUT2D eigenvalue weighted by molar-refractivity contribution is -0.129. The van der Waals surface area contributed by atoms with Crippen molar-refractivity contribution in [3.05, 3.63) is 36.7 Å². The molecular weight excluding hydrogens is 348 g/mol. The van der Waals surface area contributed by atoms with E-state index < -0.39 is 0 Å². The lowest BCUT2D eigenvalue weighted by atomic mass is 9.97. The minimum Gasteiger partial charge on any atom is -0.341 e. The van der Waals surface area contributed by atoms with Crippen LogP contribution in [0, 0.1) is 0 Å². The number of nitrogens with zero attached hydrogens (tertiary/aromatic N) is 6. The van der Waals surface area contributed by atoms with Crippen LogP contribution in [0.4, 0.5) is 0 Å². The van der Waals surface area contributed by atoms with E-state index in [2.05, 4.69) is 38.5 Å². The summed E-state index contributed by atoms with van der Waals surface area (Å²) in [5.41, 5.74) is 0. The van der Waals surface area contributed by atoms with Crippen LogP contribution in [0.5, 0.6) is 0 Å².